The third kappa shape index (κ3) is 3.81. The van der Waals surface area contributed by atoms with Crippen LogP contribution in [0.4, 0.5) is 10.6 Å². The Morgan fingerprint density at radius 1 is 1.26 bits per heavy atom. The highest BCUT2D eigenvalue weighted by Crippen LogP contribution is 2.30. The van der Waals surface area contributed by atoms with Gasteiger partial charge in [-0.05, 0) is 25.0 Å². The molecule has 0 aromatic carbocycles. The van der Waals surface area contributed by atoms with Crippen LogP contribution >= 0.6 is 0 Å². The number of rotatable bonds is 5. The highest BCUT2D eigenvalue weighted by Gasteiger charge is 2.35. The van der Waals surface area contributed by atoms with Gasteiger partial charge in [-0.1, -0.05) is 0 Å². The molecule has 0 radical (unpaired) electrons. The minimum absolute atomic E-state index is 0.0315. The molecule has 9 heteroatoms. The van der Waals surface area contributed by atoms with Crippen LogP contribution in [-0.4, -0.2) is 66.1 Å². The second-order valence-electron chi connectivity index (χ2n) is 7.11. The number of ether oxygens (including phenoxy) is 1. The Labute approximate surface area is 157 Å². The van der Waals surface area contributed by atoms with Crippen molar-refractivity contribution in [2.75, 3.05) is 31.1 Å². The summed E-state index contributed by atoms with van der Waals surface area (Å²) in [5.74, 6) is 1.01. The van der Waals surface area contributed by atoms with E-state index in [0.717, 1.165) is 43.9 Å². The number of carbonyl (C=O) groups is 3. The summed E-state index contributed by atoms with van der Waals surface area (Å²) >= 11 is 0. The van der Waals surface area contributed by atoms with Gasteiger partial charge in [0.25, 0.3) is 5.91 Å². The maximum atomic E-state index is 12.4. The van der Waals surface area contributed by atoms with Gasteiger partial charge < -0.3 is 19.9 Å². The fourth-order valence-corrected chi connectivity index (χ4v) is 3.78. The van der Waals surface area contributed by atoms with Gasteiger partial charge in [-0.15, -0.1) is 0 Å². The topological polar surface area (TPSA) is 104 Å². The number of aromatic nitrogens is 1. The molecule has 3 aliphatic heterocycles. The zero-order valence-electron chi connectivity index (χ0n) is 15.0. The molecule has 1 unspecified atom stereocenters. The van der Waals surface area contributed by atoms with E-state index < -0.39 is 18.0 Å². The normalized spacial score (nSPS) is 24.9. The van der Waals surface area contributed by atoms with Crippen LogP contribution < -0.4 is 20.3 Å². The first kappa shape index (κ1) is 17.6. The molecule has 0 bridgehead atoms. The first-order chi connectivity index (χ1) is 13.1. The molecule has 3 fully saturated rings. The quantitative estimate of drug-likeness (QED) is 0.718. The van der Waals surface area contributed by atoms with E-state index in [1.54, 1.807) is 11.1 Å². The van der Waals surface area contributed by atoms with Crippen molar-refractivity contribution in [2.45, 2.75) is 37.8 Å². The Hall–Kier alpha value is -2.84. The van der Waals surface area contributed by atoms with Gasteiger partial charge in [0.2, 0.25) is 5.91 Å². The second-order valence-corrected chi connectivity index (χ2v) is 7.11. The van der Waals surface area contributed by atoms with Crippen LogP contribution in [0.2, 0.25) is 0 Å². The van der Waals surface area contributed by atoms with Crippen molar-refractivity contribution in [1.82, 2.24) is 20.5 Å². The number of nitrogens with one attached hydrogen (secondary N) is 2. The molecule has 9 nitrogen and oxygen atoms in total. The molecule has 4 rings (SSSR count). The van der Waals surface area contributed by atoms with Crippen LogP contribution in [0.3, 0.4) is 0 Å². The maximum Gasteiger partial charge on any atom is 0.322 e. The predicted molar refractivity (Wildman–Crippen MR) is 96.4 cm³/mol. The summed E-state index contributed by atoms with van der Waals surface area (Å²) < 4.78 is 6.16. The van der Waals surface area contributed by atoms with Gasteiger partial charge >= 0.3 is 6.03 Å². The van der Waals surface area contributed by atoms with Crippen LogP contribution in [0.1, 0.15) is 25.7 Å². The SMILES string of the molecule is O=C1NC(=O)[C@H](CC(=O)N2CCC(Oc3cccnc3N3CCCC3)C2)N1. The van der Waals surface area contributed by atoms with Crippen LogP contribution in [0.15, 0.2) is 18.3 Å². The zero-order valence-corrected chi connectivity index (χ0v) is 15.0. The van der Waals surface area contributed by atoms with Gasteiger partial charge in [-0.25, -0.2) is 9.78 Å². The van der Waals surface area contributed by atoms with Crippen molar-refractivity contribution in [3.05, 3.63) is 18.3 Å². The van der Waals surface area contributed by atoms with Gasteiger partial charge in [0.1, 0.15) is 12.1 Å². The molecule has 1 aromatic heterocycles. The predicted octanol–water partition coefficient (Wildman–Crippen LogP) is 0.260. The van der Waals surface area contributed by atoms with E-state index in [2.05, 4.69) is 20.5 Å². The van der Waals surface area contributed by atoms with Crippen molar-refractivity contribution in [1.29, 1.82) is 0 Å². The Balaban J connectivity index is 1.34. The average molecular weight is 373 g/mol. The van der Waals surface area contributed by atoms with Crippen LogP contribution in [-0.2, 0) is 9.59 Å². The summed E-state index contributed by atoms with van der Waals surface area (Å²) in [6, 6.07) is 2.44. The van der Waals surface area contributed by atoms with Gasteiger partial charge in [0, 0.05) is 32.3 Å². The van der Waals surface area contributed by atoms with E-state index in [1.807, 2.05) is 12.1 Å². The second kappa shape index (κ2) is 7.42. The molecule has 3 saturated heterocycles. The van der Waals surface area contributed by atoms with Crippen LogP contribution in [0, 0.1) is 0 Å². The van der Waals surface area contributed by atoms with Gasteiger partial charge in [0.05, 0.1) is 13.0 Å². The number of hydrogen-bond acceptors (Lipinski definition) is 6. The lowest BCUT2D eigenvalue weighted by Gasteiger charge is -2.22. The number of imide groups is 1. The molecule has 0 aliphatic carbocycles. The number of amides is 4. The summed E-state index contributed by atoms with van der Waals surface area (Å²) in [7, 11) is 0. The van der Waals surface area contributed by atoms with Gasteiger partial charge in [0.15, 0.2) is 11.6 Å². The van der Waals surface area contributed by atoms with E-state index in [9.17, 15) is 14.4 Å². The van der Waals surface area contributed by atoms with E-state index in [1.165, 1.54) is 0 Å². The molecule has 0 spiro atoms. The summed E-state index contributed by atoms with van der Waals surface area (Å²) in [5.41, 5.74) is 0. The van der Waals surface area contributed by atoms with E-state index in [-0.39, 0.29) is 18.4 Å². The zero-order chi connectivity index (χ0) is 18.8. The minimum atomic E-state index is -0.787. The summed E-state index contributed by atoms with van der Waals surface area (Å²) in [6.07, 6.45) is 4.68. The Morgan fingerprint density at radius 2 is 2.07 bits per heavy atom. The van der Waals surface area contributed by atoms with Crippen molar-refractivity contribution in [3.63, 3.8) is 0 Å². The molecule has 4 amide bonds. The number of carbonyl (C=O) groups excluding carboxylic acids is 3. The van der Waals surface area contributed by atoms with E-state index >= 15 is 0 Å². The lowest BCUT2D eigenvalue weighted by molar-refractivity contribution is -0.133. The van der Waals surface area contributed by atoms with E-state index in [0.29, 0.717) is 13.1 Å². The third-order valence-electron chi connectivity index (χ3n) is 5.19. The lowest BCUT2D eigenvalue weighted by atomic mass is 10.2. The molecule has 144 valence electrons. The van der Waals surface area contributed by atoms with Gasteiger partial charge in [-0.3, -0.25) is 14.9 Å². The van der Waals surface area contributed by atoms with Crippen molar-refractivity contribution < 1.29 is 19.1 Å². The number of pyridine rings is 1. The summed E-state index contributed by atoms with van der Waals surface area (Å²) in [5, 5.41) is 4.60. The monoisotopic (exact) mass is 373 g/mol. The molecule has 2 atom stereocenters. The first-order valence-electron chi connectivity index (χ1n) is 9.36. The number of nitrogens with zero attached hydrogens (tertiary/aromatic N) is 3. The molecule has 2 N–H and O–H groups in total. The molecular weight excluding hydrogens is 350 g/mol. The highest BCUT2D eigenvalue weighted by molar-refractivity contribution is 6.05. The smallest absolute Gasteiger partial charge is 0.322 e. The van der Waals surface area contributed by atoms with E-state index in [4.69, 9.17) is 4.74 Å². The number of hydrogen-bond donors (Lipinski definition) is 2. The maximum absolute atomic E-state index is 12.4. The van der Waals surface area contributed by atoms with Crippen LogP contribution in [0.5, 0.6) is 5.75 Å². The lowest BCUT2D eigenvalue weighted by Crippen LogP contribution is -2.38. The fourth-order valence-electron chi connectivity index (χ4n) is 3.78. The minimum Gasteiger partial charge on any atom is -0.485 e. The van der Waals surface area contributed by atoms with Crippen molar-refractivity contribution in [2.24, 2.45) is 0 Å². The number of anilines is 1. The Bertz CT molecular complexity index is 749. The Morgan fingerprint density at radius 3 is 2.81 bits per heavy atom. The molecule has 0 saturated carbocycles. The standard InChI is InChI=1S/C18H23N5O4/c24-15(10-13-17(25)21-18(26)20-13)23-9-5-12(11-23)27-14-4-3-6-19-16(14)22-7-1-2-8-22/h3-4,6,12-13H,1-2,5,7-11H2,(H2,20,21,25,26)/t12?,13-/m0/s1. The van der Waals surface area contributed by atoms with Crippen LogP contribution in [0.25, 0.3) is 0 Å². The molecule has 1 aromatic rings. The highest BCUT2D eigenvalue weighted by atomic mass is 16.5. The van der Waals surface area contributed by atoms with Crippen molar-refractivity contribution in [3.8, 4) is 5.75 Å². The summed E-state index contributed by atoms with van der Waals surface area (Å²) in [4.78, 5) is 43.6. The number of likely N-dealkylation sites (tertiary alicyclic amines) is 1. The molecule has 4 heterocycles. The fraction of sp³-hybridized carbons (Fsp3) is 0.556. The number of urea groups is 1. The van der Waals surface area contributed by atoms with Crippen molar-refractivity contribution >= 4 is 23.7 Å². The molecule has 3 aliphatic rings. The molecular formula is C18H23N5O4. The largest absolute Gasteiger partial charge is 0.485 e. The summed E-state index contributed by atoms with van der Waals surface area (Å²) in [6.45, 7) is 3.01. The Kier molecular flexibility index (Phi) is 4.83. The molecule has 27 heavy (non-hydrogen) atoms. The average Bonchev–Trinajstić information content (AvgIpc) is 3.38. The van der Waals surface area contributed by atoms with Gasteiger partial charge in [-0.2, -0.15) is 0 Å². The third-order valence-corrected chi connectivity index (χ3v) is 5.19. The first-order valence-corrected chi connectivity index (χ1v) is 9.36.